The van der Waals surface area contributed by atoms with Crippen LogP contribution in [0.1, 0.15) is 25.5 Å². The lowest BCUT2D eigenvalue weighted by molar-refractivity contribution is 0.237. The highest BCUT2D eigenvalue weighted by molar-refractivity contribution is 5.88. The van der Waals surface area contributed by atoms with Gasteiger partial charge in [-0.15, -0.1) is 0 Å². The van der Waals surface area contributed by atoms with Crippen molar-refractivity contribution in [3.63, 3.8) is 0 Å². The van der Waals surface area contributed by atoms with Gasteiger partial charge in [0.25, 0.3) is 0 Å². The second-order valence-corrected chi connectivity index (χ2v) is 4.07. The third-order valence-electron chi connectivity index (χ3n) is 2.14. The van der Waals surface area contributed by atoms with Gasteiger partial charge < -0.3 is 16.4 Å². The highest BCUT2D eigenvalue weighted by Gasteiger charge is 2.17. The van der Waals surface area contributed by atoms with Gasteiger partial charge in [-0.2, -0.15) is 0 Å². The van der Waals surface area contributed by atoms with Crippen molar-refractivity contribution in [2.24, 2.45) is 5.73 Å². The number of carbonyl (C=O) groups is 1. The van der Waals surface area contributed by atoms with Gasteiger partial charge in [0.05, 0.1) is 0 Å². The quantitative estimate of drug-likeness (QED) is 0.468. The molecule has 5 nitrogen and oxygen atoms in total. The van der Waals surface area contributed by atoms with E-state index in [-0.39, 0.29) is 17.9 Å². The molecule has 0 aliphatic carbocycles. The van der Waals surface area contributed by atoms with Crippen LogP contribution in [0, 0.1) is 5.41 Å². The monoisotopic (exact) mass is 234 g/mol. The zero-order valence-corrected chi connectivity index (χ0v) is 10.0. The molecular weight excluding hydrogens is 216 g/mol. The molecule has 92 valence electrons. The lowest BCUT2D eigenvalue weighted by atomic mass is 10.1. The van der Waals surface area contributed by atoms with Crippen molar-refractivity contribution < 1.29 is 4.79 Å². The third kappa shape index (κ3) is 4.14. The van der Waals surface area contributed by atoms with E-state index in [1.807, 2.05) is 44.2 Å². The second-order valence-electron chi connectivity index (χ2n) is 4.07. The maximum absolute atomic E-state index is 11.6. The topological polar surface area (TPSA) is 91.0 Å². The summed E-state index contributed by atoms with van der Waals surface area (Å²) in [4.78, 5) is 11.6. The van der Waals surface area contributed by atoms with Crippen LogP contribution in [0.5, 0.6) is 0 Å². The Morgan fingerprint density at radius 3 is 2.29 bits per heavy atom. The molecule has 0 aliphatic rings. The Kier molecular flexibility index (Phi) is 4.51. The number of hydrogen-bond acceptors (Lipinski definition) is 2. The van der Waals surface area contributed by atoms with Gasteiger partial charge in [0.1, 0.15) is 11.9 Å². The minimum absolute atomic E-state index is 0.0402. The molecule has 1 atom stereocenters. The molecular formula is C12H18N4O. The first-order valence-electron chi connectivity index (χ1n) is 5.46. The van der Waals surface area contributed by atoms with Crippen LogP contribution in [0.4, 0.5) is 4.79 Å². The Bertz CT molecular complexity index is 389. The number of nitrogens with two attached hydrogens (primary N) is 1. The maximum Gasteiger partial charge on any atom is 0.315 e. The van der Waals surface area contributed by atoms with Crippen molar-refractivity contribution in [2.45, 2.75) is 25.9 Å². The van der Waals surface area contributed by atoms with Gasteiger partial charge in [-0.3, -0.25) is 5.41 Å². The van der Waals surface area contributed by atoms with Crippen molar-refractivity contribution in [1.82, 2.24) is 10.6 Å². The molecule has 5 heteroatoms. The summed E-state index contributed by atoms with van der Waals surface area (Å²) in [5.74, 6) is -0.0879. The highest BCUT2D eigenvalue weighted by Crippen LogP contribution is 2.11. The molecule has 2 amide bonds. The molecule has 0 aliphatic heterocycles. The largest absolute Gasteiger partial charge is 0.386 e. The first-order chi connectivity index (χ1) is 8.00. The summed E-state index contributed by atoms with van der Waals surface area (Å²) < 4.78 is 0. The number of amides is 2. The number of carbonyl (C=O) groups excluding carboxylic acids is 1. The Hall–Kier alpha value is -2.04. The number of rotatable bonds is 4. The van der Waals surface area contributed by atoms with Crippen molar-refractivity contribution in [1.29, 1.82) is 5.41 Å². The lowest BCUT2D eigenvalue weighted by Crippen LogP contribution is -2.44. The number of amidine groups is 1. The Balaban J connectivity index is 2.75. The van der Waals surface area contributed by atoms with E-state index < -0.39 is 6.04 Å². The molecule has 0 saturated heterocycles. The van der Waals surface area contributed by atoms with Crippen LogP contribution in [-0.4, -0.2) is 17.9 Å². The molecule has 17 heavy (non-hydrogen) atoms. The predicted octanol–water partition coefficient (Wildman–Crippen LogP) is 1.37. The summed E-state index contributed by atoms with van der Waals surface area (Å²) in [6, 6.07) is 8.32. The molecule has 1 aromatic carbocycles. The smallest absolute Gasteiger partial charge is 0.315 e. The van der Waals surface area contributed by atoms with Crippen LogP contribution in [0.3, 0.4) is 0 Å². The number of urea groups is 1. The van der Waals surface area contributed by atoms with Crippen LogP contribution in [0.15, 0.2) is 30.3 Å². The van der Waals surface area contributed by atoms with E-state index in [9.17, 15) is 4.79 Å². The van der Waals surface area contributed by atoms with Crippen molar-refractivity contribution >= 4 is 11.9 Å². The van der Waals surface area contributed by atoms with Gasteiger partial charge in [0, 0.05) is 6.04 Å². The highest BCUT2D eigenvalue weighted by atomic mass is 16.2. The van der Waals surface area contributed by atoms with Crippen LogP contribution in [0.25, 0.3) is 0 Å². The summed E-state index contributed by atoms with van der Waals surface area (Å²) in [5, 5.41) is 12.9. The van der Waals surface area contributed by atoms with Crippen molar-refractivity contribution in [2.75, 3.05) is 0 Å². The standard InChI is InChI=1S/C12H18N4O/c1-8(2)15-12(17)16-10(11(13)14)9-6-4-3-5-7-9/h3-8,10H,1-2H3,(H3,13,14)(H2,15,16,17). The molecule has 1 aromatic rings. The SMILES string of the molecule is CC(C)NC(=O)NC(C(=N)N)c1ccccc1. The summed E-state index contributed by atoms with van der Waals surface area (Å²) in [5.41, 5.74) is 6.28. The molecule has 0 aromatic heterocycles. The van der Waals surface area contributed by atoms with E-state index in [4.69, 9.17) is 11.1 Å². The molecule has 0 saturated carbocycles. The van der Waals surface area contributed by atoms with Crippen LogP contribution >= 0.6 is 0 Å². The minimum atomic E-state index is -0.588. The summed E-state index contributed by atoms with van der Waals surface area (Å²) in [6.07, 6.45) is 0. The zero-order chi connectivity index (χ0) is 12.8. The fourth-order valence-electron chi connectivity index (χ4n) is 1.42. The van der Waals surface area contributed by atoms with Crippen molar-refractivity contribution in [3.8, 4) is 0 Å². The van der Waals surface area contributed by atoms with Gasteiger partial charge >= 0.3 is 6.03 Å². The lowest BCUT2D eigenvalue weighted by Gasteiger charge is -2.19. The fraction of sp³-hybridized carbons (Fsp3) is 0.333. The van der Waals surface area contributed by atoms with Gasteiger partial charge in [-0.25, -0.2) is 4.79 Å². The van der Waals surface area contributed by atoms with Gasteiger partial charge in [-0.05, 0) is 19.4 Å². The Morgan fingerprint density at radius 1 is 1.24 bits per heavy atom. The van der Waals surface area contributed by atoms with Crippen LogP contribution in [-0.2, 0) is 0 Å². The van der Waals surface area contributed by atoms with E-state index in [0.29, 0.717) is 0 Å². The van der Waals surface area contributed by atoms with E-state index in [2.05, 4.69) is 10.6 Å². The third-order valence-corrected chi connectivity index (χ3v) is 2.14. The fourth-order valence-corrected chi connectivity index (χ4v) is 1.42. The zero-order valence-electron chi connectivity index (χ0n) is 10.0. The minimum Gasteiger partial charge on any atom is -0.386 e. The average Bonchev–Trinajstić information content (AvgIpc) is 2.25. The maximum atomic E-state index is 11.6. The van der Waals surface area contributed by atoms with E-state index in [1.54, 1.807) is 0 Å². The molecule has 0 fully saturated rings. The van der Waals surface area contributed by atoms with Gasteiger partial charge in [0.2, 0.25) is 0 Å². The number of hydrogen-bond donors (Lipinski definition) is 4. The van der Waals surface area contributed by atoms with E-state index in [0.717, 1.165) is 5.56 Å². The van der Waals surface area contributed by atoms with E-state index >= 15 is 0 Å². The molecule has 1 unspecified atom stereocenters. The molecule has 5 N–H and O–H groups in total. The molecule has 1 rings (SSSR count). The average molecular weight is 234 g/mol. The van der Waals surface area contributed by atoms with Crippen LogP contribution < -0.4 is 16.4 Å². The predicted molar refractivity (Wildman–Crippen MR) is 67.9 cm³/mol. The van der Waals surface area contributed by atoms with Crippen LogP contribution in [0.2, 0.25) is 0 Å². The molecule has 0 spiro atoms. The normalized spacial score (nSPS) is 11.9. The molecule has 0 radical (unpaired) electrons. The number of benzene rings is 1. The van der Waals surface area contributed by atoms with Crippen molar-refractivity contribution in [3.05, 3.63) is 35.9 Å². The molecule has 0 bridgehead atoms. The second kappa shape index (κ2) is 5.89. The van der Waals surface area contributed by atoms with Gasteiger partial charge in [-0.1, -0.05) is 30.3 Å². The van der Waals surface area contributed by atoms with Gasteiger partial charge in [0.15, 0.2) is 0 Å². The Labute approximate surface area is 101 Å². The molecule has 0 heterocycles. The Morgan fingerprint density at radius 2 is 1.82 bits per heavy atom. The van der Waals surface area contributed by atoms with E-state index in [1.165, 1.54) is 0 Å². The first kappa shape index (κ1) is 13.0. The number of nitrogens with one attached hydrogen (secondary N) is 3. The summed E-state index contributed by atoms with van der Waals surface area (Å²) in [7, 11) is 0. The first-order valence-corrected chi connectivity index (χ1v) is 5.46. The summed E-state index contributed by atoms with van der Waals surface area (Å²) in [6.45, 7) is 3.73. The summed E-state index contributed by atoms with van der Waals surface area (Å²) >= 11 is 0.